The monoisotopic (exact) mass is 542 g/mol. The first kappa shape index (κ1) is 25.4. The van der Waals surface area contributed by atoms with Gasteiger partial charge in [-0.3, -0.25) is 19.2 Å². The first-order valence-corrected chi connectivity index (χ1v) is 12.0. The molecule has 194 valence electrons. The molecule has 0 saturated heterocycles. The number of nitrogens with one attached hydrogen (secondary N) is 3. The van der Waals surface area contributed by atoms with Crippen molar-refractivity contribution in [1.82, 2.24) is 25.5 Å². The first-order valence-electron chi connectivity index (χ1n) is 11.6. The lowest BCUT2D eigenvalue weighted by Gasteiger charge is -2.19. The number of aliphatic imine (C=N–C) groups is 1. The van der Waals surface area contributed by atoms with Gasteiger partial charge >= 0.3 is 11.8 Å². The molecule has 0 saturated carbocycles. The summed E-state index contributed by atoms with van der Waals surface area (Å²) in [6.45, 7) is 0. The van der Waals surface area contributed by atoms with Gasteiger partial charge in [-0.1, -0.05) is 41.9 Å². The maximum atomic E-state index is 13.3. The molecular weight excluding hydrogens is 524 g/mol. The van der Waals surface area contributed by atoms with Gasteiger partial charge in [0.25, 0.3) is 5.91 Å². The molecule has 0 unspecified atom stereocenters. The number of hydrogen-bond acceptors (Lipinski definition) is 7. The Kier molecular flexibility index (Phi) is 7.19. The van der Waals surface area contributed by atoms with Crippen LogP contribution in [0, 0.1) is 0 Å². The van der Waals surface area contributed by atoms with E-state index in [0.29, 0.717) is 27.5 Å². The molecule has 1 atom stereocenters. The lowest BCUT2D eigenvalue weighted by molar-refractivity contribution is -0.137. The minimum absolute atomic E-state index is 0.115. The molecule has 1 aromatic heterocycles. The molecule has 0 radical (unpaired) electrons. The van der Waals surface area contributed by atoms with Gasteiger partial charge in [0, 0.05) is 28.9 Å². The van der Waals surface area contributed by atoms with Crippen molar-refractivity contribution in [2.24, 2.45) is 4.99 Å². The standard InChI is InChI=1S/C26H19ClN8O4/c27-17-6-9-22(35-14-29-33-34-35)20(12-17)31-25(38)26(39)32-21(10-15-4-2-1-3-5-15)24(37)30-18-7-8-19-16(11-18)13-28-23(19)36/h1-9,11-14,21H,10H2,(H,30,37)(H,31,38)(H,32,39)/t21-/m0/s1. The van der Waals surface area contributed by atoms with Crippen molar-refractivity contribution in [2.75, 3.05) is 10.6 Å². The van der Waals surface area contributed by atoms with E-state index in [4.69, 9.17) is 11.6 Å². The van der Waals surface area contributed by atoms with Gasteiger partial charge in [-0.2, -0.15) is 4.68 Å². The minimum atomic E-state index is -1.10. The van der Waals surface area contributed by atoms with Crippen LogP contribution in [0.5, 0.6) is 0 Å². The van der Waals surface area contributed by atoms with Crippen LogP contribution in [0.15, 0.2) is 78.0 Å². The van der Waals surface area contributed by atoms with E-state index in [0.717, 1.165) is 5.56 Å². The number of amides is 4. The fourth-order valence-corrected chi connectivity index (χ4v) is 4.08. The summed E-state index contributed by atoms with van der Waals surface area (Å²) in [4.78, 5) is 54.5. The molecule has 4 aromatic rings. The number of carbonyl (C=O) groups excluding carboxylic acids is 4. The van der Waals surface area contributed by atoms with Crippen molar-refractivity contribution in [3.63, 3.8) is 0 Å². The van der Waals surface area contributed by atoms with E-state index in [9.17, 15) is 19.2 Å². The Morgan fingerprint density at radius 1 is 0.949 bits per heavy atom. The van der Waals surface area contributed by atoms with E-state index in [2.05, 4.69) is 36.5 Å². The highest BCUT2D eigenvalue weighted by atomic mass is 35.5. The maximum absolute atomic E-state index is 13.3. The fraction of sp³-hybridized carbons (Fsp3) is 0.0769. The second-order valence-corrected chi connectivity index (χ2v) is 8.88. The van der Waals surface area contributed by atoms with Crippen molar-refractivity contribution in [1.29, 1.82) is 0 Å². The van der Waals surface area contributed by atoms with Crippen LogP contribution >= 0.6 is 11.6 Å². The number of carbonyl (C=O) groups is 4. The van der Waals surface area contributed by atoms with Gasteiger partial charge in [0.1, 0.15) is 12.4 Å². The molecule has 5 rings (SSSR count). The van der Waals surface area contributed by atoms with Crippen LogP contribution in [0.4, 0.5) is 11.4 Å². The predicted molar refractivity (Wildman–Crippen MR) is 142 cm³/mol. The topological polar surface area (TPSA) is 160 Å². The highest BCUT2D eigenvalue weighted by Gasteiger charge is 2.26. The lowest BCUT2D eigenvalue weighted by Crippen LogP contribution is -2.49. The molecule has 3 aromatic carbocycles. The van der Waals surface area contributed by atoms with Crippen molar-refractivity contribution in [2.45, 2.75) is 12.5 Å². The number of rotatable bonds is 7. The SMILES string of the molecule is O=C(Nc1cc(Cl)ccc1-n1cnnn1)C(=O)N[C@@H](Cc1ccccc1)C(=O)Nc1ccc2c(c1)C=NC2=O. The first-order chi connectivity index (χ1) is 18.9. The number of anilines is 2. The van der Waals surface area contributed by atoms with Gasteiger partial charge in [0.2, 0.25) is 5.91 Å². The van der Waals surface area contributed by atoms with E-state index in [1.807, 2.05) is 6.07 Å². The number of fused-ring (bicyclic) bond motifs is 1. The normalized spacial score (nSPS) is 12.5. The molecule has 0 bridgehead atoms. The second kappa shape index (κ2) is 11.0. The number of hydrogen-bond donors (Lipinski definition) is 3. The zero-order valence-electron chi connectivity index (χ0n) is 20.0. The molecule has 3 N–H and O–H groups in total. The van der Waals surface area contributed by atoms with Crippen LogP contribution in [0.3, 0.4) is 0 Å². The van der Waals surface area contributed by atoms with Crippen LogP contribution in [0.1, 0.15) is 21.5 Å². The summed E-state index contributed by atoms with van der Waals surface area (Å²) >= 11 is 6.09. The van der Waals surface area contributed by atoms with Crippen LogP contribution in [0.25, 0.3) is 5.69 Å². The molecular formula is C26H19ClN8O4. The zero-order valence-corrected chi connectivity index (χ0v) is 20.8. The molecule has 4 amide bonds. The van der Waals surface area contributed by atoms with E-state index in [-0.39, 0.29) is 18.0 Å². The average molecular weight is 543 g/mol. The molecule has 0 fully saturated rings. The smallest absolute Gasteiger partial charge is 0.313 e. The Morgan fingerprint density at radius 2 is 1.77 bits per heavy atom. The third-order valence-electron chi connectivity index (χ3n) is 5.78. The Hall–Kier alpha value is -5.23. The van der Waals surface area contributed by atoms with Crippen molar-refractivity contribution in [3.8, 4) is 5.69 Å². The van der Waals surface area contributed by atoms with E-state index in [1.165, 1.54) is 23.3 Å². The zero-order chi connectivity index (χ0) is 27.4. The molecule has 1 aliphatic heterocycles. The van der Waals surface area contributed by atoms with Gasteiger partial charge < -0.3 is 16.0 Å². The summed E-state index contributed by atoms with van der Waals surface area (Å²) in [7, 11) is 0. The van der Waals surface area contributed by atoms with Gasteiger partial charge in [0.05, 0.1) is 16.9 Å². The quantitative estimate of drug-likeness (QED) is 0.302. The summed E-state index contributed by atoms with van der Waals surface area (Å²) in [5.74, 6) is -2.98. The summed E-state index contributed by atoms with van der Waals surface area (Å²) in [5, 5.41) is 19.0. The average Bonchev–Trinajstić information content (AvgIpc) is 3.59. The molecule has 39 heavy (non-hydrogen) atoms. The van der Waals surface area contributed by atoms with E-state index in [1.54, 1.807) is 54.6 Å². The van der Waals surface area contributed by atoms with Gasteiger partial charge in [-0.05, 0) is 52.4 Å². The Morgan fingerprint density at radius 3 is 2.54 bits per heavy atom. The van der Waals surface area contributed by atoms with Crippen LogP contribution in [-0.4, -0.2) is 56.1 Å². The summed E-state index contributed by atoms with van der Waals surface area (Å²) in [6, 6.07) is 17.3. The van der Waals surface area contributed by atoms with E-state index < -0.39 is 23.8 Å². The van der Waals surface area contributed by atoms with E-state index >= 15 is 0 Å². The van der Waals surface area contributed by atoms with Gasteiger partial charge in [-0.15, -0.1) is 5.10 Å². The van der Waals surface area contributed by atoms with Crippen LogP contribution < -0.4 is 16.0 Å². The number of nitrogens with zero attached hydrogens (tertiary/aromatic N) is 5. The van der Waals surface area contributed by atoms with Gasteiger partial charge in [-0.25, -0.2) is 4.99 Å². The molecule has 0 aliphatic carbocycles. The van der Waals surface area contributed by atoms with Crippen molar-refractivity contribution in [3.05, 3.63) is 94.8 Å². The summed E-state index contributed by atoms with van der Waals surface area (Å²) < 4.78 is 1.30. The Balaban J connectivity index is 1.33. The molecule has 2 heterocycles. The minimum Gasteiger partial charge on any atom is -0.336 e. The summed E-state index contributed by atoms with van der Waals surface area (Å²) in [5.41, 5.74) is 2.74. The summed E-state index contributed by atoms with van der Waals surface area (Å²) in [6.07, 6.45) is 2.85. The van der Waals surface area contributed by atoms with Crippen molar-refractivity contribution < 1.29 is 19.2 Å². The number of aromatic nitrogens is 4. The third kappa shape index (κ3) is 5.86. The molecule has 13 heteroatoms. The second-order valence-electron chi connectivity index (χ2n) is 8.44. The molecule has 12 nitrogen and oxygen atoms in total. The number of benzene rings is 3. The van der Waals surface area contributed by atoms with Gasteiger partial charge in [0.15, 0.2) is 0 Å². The van der Waals surface area contributed by atoms with Crippen molar-refractivity contribution >= 4 is 52.8 Å². The molecule has 1 aliphatic rings. The number of tetrazole rings is 1. The lowest BCUT2D eigenvalue weighted by atomic mass is 10.0. The highest BCUT2D eigenvalue weighted by Crippen LogP contribution is 2.24. The Bertz CT molecular complexity index is 1610. The fourth-order valence-electron chi connectivity index (χ4n) is 3.91. The Labute approximate surface area is 226 Å². The largest absolute Gasteiger partial charge is 0.336 e. The molecule has 0 spiro atoms. The maximum Gasteiger partial charge on any atom is 0.313 e. The van der Waals surface area contributed by atoms with Crippen LogP contribution in [-0.2, 0) is 20.8 Å². The predicted octanol–water partition coefficient (Wildman–Crippen LogP) is 2.19. The highest BCUT2D eigenvalue weighted by molar-refractivity contribution is 6.40. The number of halogens is 1. The third-order valence-corrected chi connectivity index (χ3v) is 6.02. The van der Waals surface area contributed by atoms with Crippen LogP contribution in [0.2, 0.25) is 5.02 Å².